The Morgan fingerprint density at radius 3 is 2.28 bits per heavy atom. The second-order valence-electron chi connectivity index (χ2n) is 3.69. The molecule has 90 valence electrons. The van der Waals surface area contributed by atoms with Crippen molar-refractivity contribution in [1.82, 2.24) is 0 Å². The van der Waals surface area contributed by atoms with E-state index in [1.165, 1.54) is 12.1 Å². The first-order chi connectivity index (χ1) is 8.75. The van der Waals surface area contributed by atoms with Crippen molar-refractivity contribution in [3.05, 3.63) is 76.5 Å². The zero-order valence-electron chi connectivity index (χ0n) is 9.61. The second kappa shape index (κ2) is 5.63. The number of hydrogen-bond donors (Lipinski definition) is 1. The van der Waals surface area contributed by atoms with Gasteiger partial charge in [-0.3, -0.25) is 10.1 Å². The first-order valence-electron chi connectivity index (χ1n) is 5.48. The highest BCUT2D eigenvalue weighted by Crippen LogP contribution is 2.13. The molecule has 0 unspecified atom stereocenters. The molecule has 2 aromatic rings. The minimum atomic E-state index is -0.407. The van der Waals surface area contributed by atoms with Gasteiger partial charge in [0.1, 0.15) is 0 Å². The zero-order chi connectivity index (χ0) is 12.8. The number of nitro groups is 1. The Labute approximate surface area is 105 Å². The maximum absolute atomic E-state index is 10.5. The number of anilines is 1. The first-order valence-corrected chi connectivity index (χ1v) is 5.48. The number of non-ortho nitro benzene ring substituents is 1. The molecule has 0 spiro atoms. The maximum Gasteiger partial charge on any atom is 0.269 e. The Bertz CT molecular complexity index is 548. The van der Waals surface area contributed by atoms with Gasteiger partial charge in [0.25, 0.3) is 5.69 Å². The Morgan fingerprint density at radius 1 is 1.00 bits per heavy atom. The SMILES string of the molecule is O=[N+]([O-])c1ccc(C=CNc2ccccc2)cc1. The molecular weight excluding hydrogens is 228 g/mol. The molecule has 0 aliphatic rings. The summed E-state index contributed by atoms with van der Waals surface area (Å²) in [5.41, 5.74) is 2.00. The predicted octanol–water partition coefficient (Wildman–Crippen LogP) is 3.68. The van der Waals surface area contributed by atoms with Gasteiger partial charge in [0, 0.05) is 24.0 Å². The van der Waals surface area contributed by atoms with Crippen LogP contribution in [0.1, 0.15) is 5.56 Å². The highest BCUT2D eigenvalue weighted by molar-refractivity contribution is 5.56. The van der Waals surface area contributed by atoms with E-state index in [0.29, 0.717) is 0 Å². The number of rotatable bonds is 4. The van der Waals surface area contributed by atoms with Crippen LogP contribution in [0.3, 0.4) is 0 Å². The minimum Gasteiger partial charge on any atom is -0.362 e. The standard InChI is InChI=1S/C14H12N2O2/c17-16(18)14-8-6-12(7-9-14)10-11-15-13-4-2-1-3-5-13/h1-11,15H. The average Bonchev–Trinajstić information content (AvgIpc) is 2.40. The fourth-order valence-corrected chi connectivity index (χ4v) is 1.48. The first kappa shape index (κ1) is 11.9. The van der Waals surface area contributed by atoms with E-state index in [1.54, 1.807) is 18.3 Å². The van der Waals surface area contributed by atoms with Gasteiger partial charge in [-0.05, 0) is 35.9 Å². The van der Waals surface area contributed by atoms with Crippen molar-refractivity contribution < 1.29 is 4.92 Å². The topological polar surface area (TPSA) is 55.2 Å². The highest BCUT2D eigenvalue weighted by Gasteiger charge is 2.01. The Kier molecular flexibility index (Phi) is 3.71. The molecule has 0 bridgehead atoms. The molecule has 2 aromatic carbocycles. The van der Waals surface area contributed by atoms with Crippen molar-refractivity contribution in [2.45, 2.75) is 0 Å². The predicted molar refractivity (Wildman–Crippen MR) is 72.2 cm³/mol. The molecule has 4 nitrogen and oxygen atoms in total. The van der Waals surface area contributed by atoms with Gasteiger partial charge in [-0.2, -0.15) is 0 Å². The number of benzene rings is 2. The molecule has 0 heterocycles. The maximum atomic E-state index is 10.5. The van der Waals surface area contributed by atoms with Crippen LogP contribution >= 0.6 is 0 Å². The normalized spacial score (nSPS) is 10.4. The smallest absolute Gasteiger partial charge is 0.269 e. The molecule has 0 amide bonds. The lowest BCUT2D eigenvalue weighted by Gasteiger charge is -1.99. The molecule has 0 fully saturated rings. The third kappa shape index (κ3) is 3.18. The van der Waals surface area contributed by atoms with Crippen LogP contribution in [0.25, 0.3) is 6.08 Å². The van der Waals surface area contributed by atoms with E-state index in [1.807, 2.05) is 36.4 Å². The van der Waals surface area contributed by atoms with Gasteiger partial charge in [0.2, 0.25) is 0 Å². The van der Waals surface area contributed by atoms with E-state index in [0.717, 1.165) is 11.3 Å². The van der Waals surface area contributed by atoms with Crippen molar-refractivity contribution in [3.8, 4) is 0 Å². The lowest BCUT2D eigenvalue weighted by molar-refractivity contribution is -0.384. The lowest BCUT2D eigenvalue weighted by Crippen LogP contribution is -1.88. The number of nitrogens with one attached hydrogen (secondary N) is 1. The van der Waals surface area contributed by atoms with Crippen LogP contribution < -0.4 is 5.32 Å². The van der Waals surface area contributed by atoms with Gasteiger partial charge in [-0.15, -0.1) is 0 Å². The molecule has 0 aliphatic carbocycles. The molecule has 0 aromatic heterocycles. The lowest BCUT2D eigenvalue weighted by atomic mass is 10.2. The van der Waals surface area contributed by atoms with Gasteiger partial charge in [-0.25, -0.2) is 0 Å². The molecule has 0 saturated carbocycles. The summed E-state index contributed by atoms with van der Waals surface area (Å²) < 4.78 is 0. The summed E-state index contributed by atoms with van der Waals surface area (Å²) in [4.78, 5) is 10.1. The minimum absolute atomic E-state index is 0.100. The summed E-state index contributed by atoms with van der Waals surface area (Å²) in [6, 6.07) is 16.2. The second-order valence-corrected chi connectivity index (χ2v) is 3.69. The van der Waals surface area contributed by atoms with Gasteiger partial charge in [0.15, 0.2) is 0 Å². The molecule has 18 heavy (non-hydrogen) atoms. The fraction of sp³-hybridized carbons (Fsp3) is 0. The van der Waals surface area contributed by atoms with Crippen molar-refractivity contribution >= 4 is 17.5 Å². The fourth-order valence-electron chi connectivity index (χ4n) is 1.48. The molecule has 0 aliphatic heterocycles. The summed E-state index contributed by atoms with van der Waals surface area (Å²) in [5, 5.41) is 13.6. The number of hydrogen-bond acceptors (Lipinski definition) is 3. The largest absolute Gasteiger partial charge is 0.362 e. The quantitative estimate of drug-likeness (QED) is 0.655. The Balaban J connectivity index is 1.99. The molecule has 4 heteroatoms. The highest BCUT2D eigenvalue weighted by atomic mass is 16.6. The third-order valence-corrected chi connectivity index (χ3v) is 2.40. The van der Waals surface area contributed by atoms with Crippen molar-refractivity contribution in [1.29, 1.82) is 0 Å². The van der Waals surface area contributed by atoms with E-state index < -0.39 is 4.92 Å². The average molecular weight is 240 g/mol. The number of para-hydroxylation sites is 1. The van der Waals surface area contributed by atoms with Crippen LogP contribution in [-0.2, 0) is 0 Å². The van der Waals surface area contributed by atoms with Crippen LogP contribution in [-0.4, -0.2) is 4.92 Å². The molecular formula is C14H12N2O2. The van der Waals surface area contributed by atoms with Gasteiger partial charge < -0.3 is 5.32 Å². The van der Waals surface area contributed by atoms with Crippen molar-refractivity contribution in [3.63, 3.8) is 0 Å². The van der Waals surface area contributed by atoms with Crippen molar-refractivity contribution in [2.24, 2.45) is 0 Å². The van der Waals surface area contributed by atoms with E-state index >= 15 is 0 Å². The van der Waals surface area contributed by atoms with Crippen LogP contribution in [0.5, 0.6) is 0 Å². The summed E-state index contributed by atoms with van der Waals surface area (Å²) in [7, 11) is 0. The molecule has 0 saturated heterocycles. The summed E-state index contributed by atoms with van der Waals surface area (Å²) >= 11 is 0. The van der Waals surface area contributed by atoms with Gasteiger partial charge >= 0.3 is 0 Å². The van der Waals surface area contributed by atoms with Crippen LogP contribution in [0, 0.1) is 10.1 Å². The van der Waals surface area contributed by atoms with Gasteiger partial charge in [0.05, 0.1) is 4.92 Å². The van der Waals surface area contributed by atoms with Crippen molar-refractivity contribution in [2.75, 3.05) is 5.32 Å². The van der Waals surface area contributed by atoms with Crippen LogP contribution in [0.2, 0.25) is 0 Å². The summed E-state index contributed by atoms with van der Waals surface area (Å²) in [6.07, 6.45) is 3.66. The van der Waals surface area contributed by atoms with E-state index in [-0.39, 0.29) is 5.69 Å². The van der Waals surface area contributed by atoms with E-state index in [2.05, 4.69) is 5.32 Å². The van der Waals surface area contributed by atoms with Crippen LogP contribution in [0.15, 0.2) is 60.8 Å². The zero-order valence-corrected chi connectivity index (χ0v) is 9.61. The third-order valence-electron chi connectivity index (χ3n) is 2.40. The summed E-state index contributed by atoms with van der Waals surface area (Å²) in [6.45, 7) is 0. The number of nitro benzene ring substituents is 1. The molecule has 0 atom stereocenters. The van der Waals surface area contributed by atoms with Gasteiger partial charge in [-0.1, -0.05) is 18.2 Å². The van der Waals surface area contributed by atoms with E-state index in [4.69, 9.17) is 0 Å². The number of nitrogens with zero attached hydrogens (tertiary/aromatic N) is 1. The Hall–Kier alpha value is -2.62. The molecule has 2 rings (SSSR count). The Morgan fingerprint density at radius 2 is 1.67 bits per heavy atom. The molecule has 0 radical (unpaired) electrons. The van der Waals surface area contributed by atoms with E-state index in [9.17, 15) is 10.1 Å². The molecule has 1 N–H and O–H groups in total. The monoisotopic (exact) mass is 240 g/mol. The van der Waals surface area contributed by atoms with Crippen LogP contribution in [0.4, 0.5) is 11.4 Å². The summed E-state index contributed by atoms with van der Waals surface area (Å²) in [5.74, 6) is 0.